The molecule has 7 heteroatoms. The fourth-order valence-corrected chi connectivity index (χ4v) is 5.73. The van der Waals surface area contributed by atoms with Crippen molar-refractivity contribution in [2.75, 3.05) is 25.0 Å². The van der Waals surface area contributed by atoms with Gasteiger partial charge in [0.1, 0.15) is 0 Å². The second-order valence-corrected chi connectivity index (χ2v) is 9.44. The molecule has 2 amide bonds. The Kier molecular flexibility index (Phi) is 6.56. The highest BCUT2D eigenvalue weighted by atomic mass is 79.9. The van der Waals surface area contributed by atoms with E-state index in [2.05, 4.69) is 31.7 Å². The summed E-state index contributed by atoms with van der Waals surface area (Å²) in [5.41, 5.74) is 7.21. The van der Waals surface area contributed by atoms with Crippen molar-refractivity contribution in [3.8, 4) is 0 Å². The molecule has 0 spiro atoms. The van der Waals surface area contributed by atoms with Crippen molar-refractivity contribution in [2.45, 2.75) is 69.4 Å². The van der Waals surface area contributed by atoms with Gasteiger partial charge >= 0.3 is 0 Å². The first-order valence-electron chi connectivity index (χ1n) is 10.9. The standard InChI is InChI=1S/C22H31BrN4O2/c1-24-25-21(28)14-19-18-13-15(23)7-8-20(18)27(22(19)29)17-9-11-26(12-10-17)16-5-3-2-4-6-16/h7-8,13,16-17,19,24H,2-6,9-12,14H2,1H3,(H,25,28). The molecule has 158 valence electrons. The Bertz CT molecular complexity index is 757. The molecule has 1 atom stereocenters. The lowest BCUT2D eigenvalue weighted by molar-refractivity contribution is -0.126. The summed E-state index contributed by atoms with van der Waals surface area (Å²) in [4.78, 5) is 30.2. The summed E-state index contributed by atoms with van der Waals surface area (Å²) in [5, 5.41) is 0. The number of hydrazine groups is 1. The van der Waals surface area contributed by atoms with Crippen molar-refractivity contribution >= 4 is 33.4 Å². The zero-order chi connectivity index (χ0) is 20.4. The Morgan fingerprint density at radius 1 is 1.10 bits per heavy atom. The molecule has 1 aromatic rings. The fraction of sp³-hybridized carbons (Fsp3) is 0.636. The molecule has 1 aromatic carbocycles. The molecule has 0 aromatic heterocycles. The molecule has 0 radical (unpaired) electrons. The average Bonchev–Trinajstić information content (AvgIpc) is 3.00. The molecular weight excluding hydrogens is 432 g/mol. The number of rotatable bonds is 5. The first-order valence-corrected chi connectivity index (χ1v) is 11.7. The number of anilines is 1. The van der Waals surface area contributed by atoms with E-state index in [-0.39, 0.29) is 24.3 Å². The van der Waals surface area contributed by atoms with Crippen LogP contribution < -0.4 is 15.8 Å². The minimum absolute atomic E-state index is 0.0699. The molecule has 29 heavy (non-hydrogen) atoms. The minimum Gasteiger partial charge on any atom is -0.308 e. The number of nitrogens with one attached hydrogen (secondary N) is 2. The Hall–Kier alpha value is -1.44. The predicted octanol–water partition coefficient (Wildman–Crippen LogP) is 3.32. The highest BCUT2D eigenvalue weighted by Gasteiger charge is 2.42. The molecule has 2 heterocycles. The van der Waals surface area contributed by atoms with Gasteiger partial charge in [0.15, 0.2) is 0 Å². The lowest BCUT2D eigenvalue weighted by atomic mass is 9.91. The van der Waals surface area contributed by atoms with Crippen molar-refractivity contribution in [3.05, 3.63) is 28.2 Å². The molecule has 4 rings (SSSR count). The van der Waals surface area contributed by atoms with Gasteiger partial charge < -0.3 is 9.80 Å². The van der Waals surface area contributed by atoms with E-state index in [9.17, 15) is 9.59 Å². The van der Waals surface area contributed by atoms with Crippen LogP contribution in [0.4, 0.5) is 5.69 Å². The zero-order valence-corrected chi connectivity index (χ0v) is 18.7. The summed E-state index contributed by atoms with van der Waals surface area (Å²) in [6, 6.07) is 6.98. The Morgan fingerprint density at radius 3 is 2.52 bits per heavy atom. The number of hydrogen-bond donors (Lipinski definition) is 2. The number of halogens is 1. The van der Waals surface area contributed by atoms with Crippen molar-refractivity contribution < 1.29 is 9.59 Å². The molecule has 0 bridgehead atoms. The molecule has 1 saturated carbocycles. The molecule has 2 N–H and O–H groups in total. The molecule has 1 aliphatic carbocycles. The zero-order valence-electron chi connectivity index (χ0n) is 17.1. The lowest BCUT2D eigenvalue weighted by Crippen LogP contribution is -2.50. The van der Waals surface area contributed by atoms with E-state index in [1.165, 1.54) is 32.1 Å². The number of amides is 2. The van der Waals surface area contributed by atoms with Crippen LogP contribution in [0.15, 0.2) is 22.7 Å². The summed E-state index contributed by atoms with van der Waals surface area (Å²) in [6.07, 6.45) is 8.92. The monoisotopic (exact) mass is 462 g/mol. The van der Waals surface area contributed by atoms with Gasteiger partial charge in [-0.15, -0.1) is 0 Å². The number of carbonyl (C=O) groups is 2. The van der Waals surface area contributed by atoms with Crippen LogP contribution in [-0.2, 0) is 9.59 Å². The third-order valence-corrected chi connectivity index (χ3v) is 7.26. The Morgan fingerprint density at radius 2 is 1.83 bits per heavy atom. The number of nitrogens with zero attached hydrogens (tertiary/aromatic N) is 2. The summed E-state index contributed by atoms with van der Waals surface area (Å²) in [7, 11) is 1.66. The van der Waals surface area contributed by atoms with Crippen LogP contribution in [0.25, 0.3) is 0 Å². The largest absolute Gasteiger partial charge is 0.308 e. The number of likely N-dealkylation sites (tertiary alicyclic amines) is 1. The smallest absolute Gasteiger partial charge is 0.235 e. The van der Waals surface area contributed by atoms with Gasteiger partial charge in [-0.1, -0.05) is 35.2 Å². The number of benzene rings is 1. The summed E-state index contributed by atoms with van der Waals surface area (Å²) in [6.45, 7) is 2.13. The van der Waals surface area contributed by atoms with Gasteiger partial charge in [-0.25, -0.2) is 5.43 Å². The van der Waals surface area contributed by atoms with E-state index < -0.39 is 5.92 Å². The van der Waals surface area contributed by atoms with Crippen molar-refractivity contribution in [2.24, 2.45) is 0 Å². The van der Waals surface area contributed by atoms with Crippen LogP contribution in [0.2, 0.25) is 0 Å². The van der Waals surface area contributed by atoms with E-state index in [4.69, 9.17) is 0 Å². The SMILES string of the molecule is CNNC(=O)CC1C(=O)N(C2CCN(C3CCCCC3)CC2)c2ccc(Br)cc21. The van der Waals surface area contributed by atoms with Crippen molar-refractivity contribution in [1.82, 2.24) is 15.8 Å². The number of hydrogen-bond acceptors (Lipinski definition) is 4. The maximum absolute atomic E-state index is 13.4. The van der Waals surface area contributed by atoms with Crippen LogP contribution in [0.3, 0.4) is 0 Å². The molecule has 3 aliphatic rings. The number of carbonyl (C=O) groups excluding carboxylic acids is 2. The number of piperidine rings is 1. The third-order valence-electron chi connectivity index (χ3n) is 6.77. The molecule has 1 saturated heterocycles. The van der Waals surface area contributed by atoms with Crippen molar-refractivity contribution in [1.29, 1.82) is 0 Å². The summed E-state index contributed by atoms with van der Waals surface area (Å²) >= 11 is 3.53. The maximum Gasteiger partial charge on any atom is 0.235 e. The van der Waals surface area contributed by atoms with Crippen LogP contribution in [-0.4, -0.2) is 48.9 Å². The van der Waals surface area contributed by atoms with E-state index >= 15 is 0 Å². The van der Waals surface area contributed by atoms with Gasteiger partial charge in [0.2, 0.25) is 11.8 Å². The Labute approximate surface area is 181 Å². The topological polar surface area (TPSA) is 64.7 Å². The van der Waals surface area contributed by atoms with Gasteiger partial charge in [-0.3, -0.25) is 15.0 Å². The van der Waals surface area contributed by atoms with Gasteiger partial charge in [-0.2, -0.15) is 0 Å². The lowest BCUT2D eigenvalue weighted by Gasteiger charge is -2.41. The van der Waals surface area contributed by atoms with Gasteiger partial charge in [0.25, 0.3) is 0 Å². The van der Waals surface area contributed by atoms with Crippen molar-refractivity contribution in [3.63, 3.8) is 0 Å². The van der Waals surface area contributed by atoms with E-state index in [0.29, 0.717) is 0 Å². The second-order valence-electron chi connectivity index (χ2n) is 8.53. The van der Waals surface area contributed by atoms with Gasteiger partial charge in [0, 0.05) is 48.8 Å². The minimum atomic E-state index is -0.410. The molecule has 2 aliphatic heterocycles. The normalized spacial score (nSPS) is 24.0. The fourth-order valence-electron chi connectivity index (χ4n) is 5.35. The Balaban J connectivity index is 1.49. The third kappa shape index (κ3) is 4.37. The van der Waals surface area contributed by atoms with Crippen LogP contribution in [0, 0.1) is 0 Å². The second kappa shape index (κ2) is 9.14. The number of fused-ring (bicyclic) bond motifs is 1. The van der Waals surface area contributed by atoms with E-state index in [0.717, 1.165) is 47.7 Å². The first-order chi connectivity index (χ1) is 14.1. The van der Waals surface area contributed by atoms with Crippen LogP contribution in [0.1, 0.15) is 62.8 Å². The highest BCUT2D eigenvalue weighted by Crippen LogP contribution is 2.43. The molecule has 1 unspecified atom stereocenters. The van der Waals surface area contributed by atoms with Gasteiger partial charge in [0.05, 0.1) is 5.92 Å². The molecular formula is C22H31BrN4O2. The highest BCUT2D eigenvalue weighted by molar-refractivity contribution is 9.10. The van der Waals surface area contributed by atoms with Gasteiger partial charge in [-0.05, 0) is 49.4 Å². The first kappa shape index (κ1) is 20.8. The van der Waals surface area contributed by atoms with E-state index in [1.807, 2.05) is 23.1 Å². The average molecular weight is 463 g/mol. The quantitative estimate of drug-likeness (QED) is 0.658. The van der Waals surface area contributed by atoms with Crippen LogP contribution >= 0.6 is 15.9 Å². The van der Waals surface area contributed by atoms with Crippen LogP contribution in [0.5, 0.6) is 0 Å². The van der Waals surface area contributed by atoms with E-state index in [1.54, 1.807) is 7.05 Å². The summed E-state index contributed by atoms with van der Waals surface area (Å²) < 4.78 is 0.942. The summed E-state index contributed by atoms with van der Waals surface area (Å²) in [5.74, 6) is -0.501. The molecule has 2 fully saturated rings. The molecule has 6 nitrogen and oxygen atoms in total. The predicted molar refractivity (Wildman–Crippen MR) is 118 cm³/mol. The maximum atomic E-state index is 13.4.